The van der Waals surface area contributed by atoms with Gasteiger partial charge in [0.05, 0.1) is 5.02 Å². The second-order valence-electron chi connectivity index (χ2n) is 8.63. The molecule has 0 unspecified atom stereocenters. The Kier molecular flexibility index (Phi) is 8.36. The summed E-state index contributed by atoms with van der Waals surface area (Å²) in [5.74, 6) is -2.89. The van der Waals surface area contributed by atoms with Crippen LogP contribution in [-0.4, -0.2) is 28.6 Å². The molecule has 2 aromatic heterocycles. The zero-order chi connectivity index (χ0) is 28.3. The maximum absolute atomic E-state index is 14.0. The van der Waals surface area contributed by atoms with Crippen LogP contribution < -0.4 is 15.8 Å². The first kappa shape index (κ1) is 28.3. The highest BCUT2D eigenvalue weighted by Gasteiger charge is 2.41. The second kappa shape index (κ2) is 11.5. The van der Waals surface area contributed by atoms with Crippen molar-refractivity contribution in [3.63, 3.8) is 0 Å². The lowest BCUT2D eigenvalue weighted by Crippen LogP contribution is -2.35. The Morgan fingerprint density at radius 3 is 2.49 bits per heavy atom. The van der Waals surface area contributed by atoms with Gasteiger partial charge in [0.15, 0.2) is 11.6 Å². The molecule has 39 heavy (non-hydrogen) atoms. The van der Waals surface area contributed by atoms with Gasteiger partial charge in [0, 0.05) is 46.3 Å². The standard InChI is InChI=1S/C27H22Cl2F4N4O2/c1-14(23-19(28)8-9-20(30)24(23)29)39-22-11-17(12-36-25(22)34)15-4-6-16(7-5-15)26(38)37-13-18(27(31,32)33)21-3-2-10-35-21/h2-12,14,18,35H,13H2,1H3,(H2,34,36)(H,37,38)/t14-,18-/m0/s1. The zero-order valence-corrected chi connectivity index (χ0v) is 21.8. The van der Waals surface area contributed by atoms with E-state index in [0.717, 1.165) is 6.07 Å². The van der Waals surface area contributed by atoms with E-state index in [2.05, 4.69) is 15.3 Å². The van der Waals surface area contributed by atoms with Crippen LogP contribution in [0.15, 0.2) is 67.0 Å². The fourth-order valence-electron chi connectivity index (χ4n) is 3.95. The van der Waals surface area contributed by atoms with E-state index in [0.29, 0.717) is 11.1 Å². The number of ether oxygens (including phenoxy) is 1. The van der Waals surface area contributed by atoms with E-state index in [-0.39, 0.29) is 38.4 Å². The summed E-state index contributed by atoms with van der Waals surface area (Å²) >= 11 is 12.3. The van der Waals surface area contributed by atoms with Crippen molar-refractivity contribution < 1.29 is 27.1 Å². The van der Waals surface area contributed by atoms with Gasteiger partial charge in [-0.3, -0.25) is 4.79 Å². The number of H-pyrrole nitrogens is 1. The molecule has 6 nitrogen and oxygen atoms in total. The maximum Gasteiger partial charge on any atom is 0.398 e. The Labute approximate surface area is 231 Å². The topological polar surface area (TPSA) is 93.0 Å². The van der Waals surface area contributed by atoms with Crippen molar-refractivity contribution in [3.8, 4) is 16.9 Å². The first-order valence-electron chi connectivity index (χ1n) is 11.6. The summed E-state index contributed by atoms with van der Waals surface area (Å²) in [4.78, 5) is 19.2. The van der Waals surface area contributed by atoms with Crippen molar-refractivity contribution in [3.05, 3.63) is 99.7 Å². The fourth-order valence-corrected chi connectivity index (χ4v) is 4.62. The smallest absolute Gasteiger partial charge is 0.398 e. The molecule has 2 atom stereocenters. The van der Waals surface area contributed by atoms with E-state index >= 15 is 0 Å². The summed E-state index contributed by atoms with van der Waals surface area (Å²) < 4.78 is 60.2. The monoisotopic (exact) mass is 580 g/mol. The van der Waals surface area contributed by atoms with Gasteiger partial charge in [-0.2, -0.15) is 13.2 Å². The third-order valence-electron chi connectivity index (χ3n) is 6.01. The number of carbonyl (C=O) groups excluding carboxylic acids is 1. The molecule has 0 aliphatic rings. The predicted octanol–water partition coefficient (Wildman–Crippen LogP) is 7.32. The molecule has 0 saturated carbocycles. The number of nitrogens with zero attached hydrogens (tertiary/aromatic N) is 1. The van der Waals surface area contributed by atoms with Crippen LogP contribution in [0.25, 0.3) is 11.1 Å². The molecule has 0 aliphatic carbocycles. The highest BCUT2D eigenvalue weighted by atomic mass is 35.5. The number of hydrogen-bond acceptors (Lipinski definition) is 4. The molecule has 4 N–H and O–H groups in total. The molecule has 0 saturated heterocycles. The number of pyridine rings is 1. The number of amides is 1. The van der Waals surface area contributed by atoms with Crippen LogP contribution in [0.3, 0.4) is 0 Å². The number of rotatable bonds is 8. The lowest BCUT2D eigenvalue weighted by Gasteiger charge is -2.20. The minimum atomic E-state index is -4.53. The van der Waals surface area contributed by atoms with E-state index in [4.69, 9.17) is 33.7 Å². The number of anilines is 1. The molecule has 12 heteroatoms. The van der Waals surface area contributed by atoms with E-state index < -0.39 is 36.5 Å². The van der Waals surface area contributed by atoms with Gasteiger partial charge in [0.2, 0.25) is 0 Å². The molecule has 0 fully saturated rings. The molecule has 2 heterocycles. The second-order valence-corrected chi connectivity index (χ2v) is 9.42. The van der Waals surface area contributed by atoms with Gasteiger partial charge in [0.25, 0.3) is 5.91 Å². The normalized spacial score (nSPS) is 13.1. The number of carbonyl (C=O) groups is 1. The Morgan fingerprint density at radius 2 is 1.85 bits per heavy atom. The summed E-state index contributed by atoms with van der Waals surface area (Å²) in [6.07, 6.45) is -2.41. The summed E-state index contributed by atoms with van der Waals surface area (Å²) in [6, 6.07) is 13.1. The minimum Gasteiger partial charge on any atom is -0.482 e. The van der Waals surface area contributed by atoms with Crippen LogP contribution in [0.1, 0.15) is 40.6 Å². The average Bonchev–Trinajstić information content (AvgIpc) is 3.41. The van der Waals surface area contributed by atoms with Gasteiger partial charge in [-0.25, -0.2) is 9.37 Å². The van der Waals surface area contributed by atoms with Crippen molar-refractivity contribution in [1.29, 1.82) is 0 Å². The van der Waals surface area contributed by atoms with Gasteiger partial charge < -0.3 is 20.8 Å². The first-order valence-corrected chi connectivity index (χ1v) is 12.4. The van der Waals surface area contributed by atoms with Crippen molar-refractivity contribution in [2.24, 2.45) is 0 Å². The molecule has 4 rings (SSSR count). The van der Waals surface area contributed by atoms with E-state index in [1.54, 1.807) is 25.1 Å². The molecule has 0 bridgehead atoms. The van der Waals surface area contributed by atoms with E-state index in [9.17, 15) is 22.4 Å². The van der Waals surface area contributed by atoms with Crippen molar-refractivity contribution in [2.75, 3.05) is 12.3 Å². The fraction of sp³-hybridized carbons (Fsp3) is 0.185. The number of halogens is 6. The van der Waals surface area contributed by atoms with Crippen LogP contribution in [0.4, 0.5) is 23.4 Å². The summed E-state index contributed by atoms with van der Waals surface area (Å²) in [5.41, 5.74) is 7.58. The van der Waals surface area contributed by atoms with Gasteiger partial charge in [-0.1, -0.05) is 35.3 Å². The number of benzene rings is 2. The minimum absolute atomic E-state index is 0.0386. The number of nitrogens with two attached hydrogens (primary N) is 1. The Hall–Kier alpha value is -3.76. The zero-order valence-electron chi connectivity index (χ0n) is 20.3. The number of alkyl halides is 3. The summed E-state index contributed by atoms with van der Waals surface area (Å²) in [7, 11) is 0. The van der Waals surface area contributed by atoms with Crippen LogP contribution in [0, 0.1) is 5.82 Å². The molecule has 4 aromatic rings. The lowest BCUT2D eigenvalue weighted by molar-refractivity contribution is -0.149. The highest BCUT2D eigenvalue weighted by Crippen LogP contribution is 2.37. The number of hydrogen-bond donors (Lipinski definition) is 3. The first-order chi connectivity index (χ1) is 18.5. The van der Waals surface area contributed by atoms with Crippen LogP contribution in [-0.2, 0) is 0 Å². The van der Waals surface area contributed by atoms with Gasteiger partial charge in [0.1, 0.15) is 17.8 Å². The summed E-state index contributed by atoms with van der Waals surface area (Å²) in [5, 5.41) is 2.40. The number of nitrogens with one attached hydrogen (secondary N) is 2. The van der Waals surface area contributed by atoms with Crippen molar-refractivity contribution in [2.45, 2.75) is 25.1 Å². The molecule has 2 aromatic carbocycles. The maximum atomic E-state index is 14.0. The quantitative estimate of drug-likeness (QED) is 0.150. The third kappa shape index (κ3) is 6.46. The Balaban J connectivity index is 1.48. The average molecular weight is 581 g/mol. The molecule has 0 aliphatic heterocycles. The number of nitrogen functional groups attached to an aromatic ring is 1. The molecular formula is C27H22Cl2F4N4O2. The summed E-state index contributed by atoms with van der Waals surface area (Å²) in [6.45, 7) is 1.01. The van der Waals surface area contributed by atoms with Crippen molar-refractivity contribution in [1.82, 2.24) is 15.3 Å². The van der Waals surface area contributed by atoms with E-state index in [1.807, 2.05) is 0 Å². The van der Waals surface area contributed by atoms with Gasteiger partial charge >= 0.3 is 6.18 Å². The van der Waals surface area contributed by atoms with Crippen LogP contribution in [0.5, 0.6) is 5.75 Å². The largest absolute Gasteiger partial charge is 0.482 e. The third-order valence-corrected chi connectivity index (χ3v) is 6.72. The van der Waals surface area contributed by atoms with E-state index in [1.165, 1.54) is 42.7 Å². The lowest BCUT2D eigenvalue weighted by atomic mass is 10.0. The van der Waals surface area contributed by atoms with Gasteiger partial charge in [-0.05, 0) is 55.0 Å². The predicted molar refractivity (Wildman–Crippen MR) is 141 cm³/mol. The van der Waals surface area contributed by atoms with Crippen LogP contribution in [0.2, 0.25) is 10.0 Å². The highest BCUT2D eigenvalue weighted by molar-refractivity contribution is 6.36. The number of aromatic nitrogens is 2. The molecule has 0 spiro atoms. The molecule has 1 amide bonds. The van der Waals surface area contributed by atoms with Gasteiger partial charge in [-0.15, -0.1) is 0 Å². The van der Waals surface area contributed by atoms with Crippen molar-refractivity contribution >= 4 is 34.9 Å². The Bertz CT molecular complexity index is 1460. The van der Waals surface area contributed by atoms with Crippen LogP contribution >= 0.6 is 23.2 Å². The molecule has 204 valence electrons. The molecular weight excluding hydrogens is 559 g/mol. The Morgan fingerprint density at radius 1 is 1.13 bits per heavy atom. The molecule has 0 radical (unpaired) electrons. The number of aromatic amines is 1. The SMILES string of the molecule is C[C@H](Oc1cc(-c2ccc(C(=O)NC[C@@H](c3ccc[nH]3)C(F)(F)F)cc2)cnc1N)c1c(Cl)ccc(F)c1Cl.